The third-order valence-electron chi connectivity index (χ3n) is 4.28. The van der Waals surface area contributed by atoms with Crippen LogP contribution >= 0.6 is 0 Å². The first-order valence-corrected chi connectivity index (χ1v) is 9.45. The minimum Gasteiger partial charge on any atom is -0.478 e. The molecular formula is C22H26N2O6. The summed E-state index contributed by atoms with van der Waals surface area (Å²) in [5.41, 5.74) is 0.356. The molecule has 1 aromatic carbocycles. The SMILES string of the molecule is COC(=O)C(CCC(C)(C)C)NC(=O)c1ccc(Oc2cccc(C(=O)O)c2)nc1. The maximum atomic E-state index is 12.5. The number of aromatic carboxylic acids is 1. The van der Waals surface area contributed by atoms with Crippen LogP contribution in [0.2, 0.25) is 0 Å². The van der Waals surface area contributed by atoms with E-state index in [0.717, 1.165) is 6.42 Å². The Labute approximate surface area is 175 Å². The summed E-state index contributed by atoms with van der Waals surface area (Å²) < 4.78 is 10.3. The molecule has 160 valence electrons. The molecular weight excluding hydrogens is 388 g/mol. The number of nitrogens with one attached hydrogen (secondary N) is 1. The van der Waals surface area contributed by atoms with Gasteiger partial charge in [-0.3, -0.25) is 4.79 Å². The number of carbonyl (C=O) groups excluding carboxylic acids is 2. The highest BCUT2D eigenvalue weighted by Crippen LogP contribution is 2.23. The number of carboxylic acid groups (broad SMARTS) is 1. The molecule has 2 aromatic rings. The average molecular weight is 414 g/mol. The highest BCUT2D eigenvalue weighted by Gasteiger charge is 2.24. The van der Waals surface area contributed by atoms with Crippen LogP contribution in [0, 0.1) is 5.41 Å². The molecule has 0 bridgehead atoms. The van der Waals surface area contributed by atoms with Gasteiger partial charge < -0.3 is 19.9 Å². The number of benzene rings is 1. The molecule has 0 saturated heterocycles. The molecule has 1 aromatic heterocycles. The fraction of sp³-hybridized carbons (Fsp3) is 0.364. The molecule has 0 radical (unpaired) electrons. The highest BCUT2D eigenvalue weighted by molar-refractivity contribution is 5.96. The third-order valence-corrected chi connectivity index (χ3v) is 4.28. The van der Waals surface area contributed by atoms with Crippen molar-refractivity contribution >= 4 is 17.8 Å². The summed E-state index contributed by atoms with van der Waals surface area (Å²) in [5, 5.41) is 11.7. The Morgan fingerprint density at radius 1 is 1.13 bits per heavy atom. The van der Waals surface area contributed by atoms with E-state index in [9.17, 15) is 14.4 Å². The zero-order chi connectivity index (χ0) is 22.3. The van der Waals surface area contributed by atoms with Crippen LogP contribution in [0.15, 0.2) is 42.6 Å². The largest absolute Gasteiger partial charge is 0.478 e. The van der Waals surface area contributed by atoms with Crippen molar-refractivity contribution < 1.29 is 29.0 Å². The molecule has 1 heterocycles. The molecule has 1 atom stereocenters. The maximum absolute atomic E-state index is 12.5. The summed E-state index contributed by atoms with van der Waals surface area (Å²) in [5.74, 6) is -1.50. The molecule has 30 heavy (non-hydrogen) atoms. The Bertz CT molecular complexity index is 903. The number of esters is 1. The second-order valence-corrected chi connectivity index (χ2v) is 7.97. The van der Waals surface area contributed by atoms with E-state index in [1.165, 1.54) is 37.6 Å². The molecule has 2 rings (SSSR count). The first-order valence-electron chi connectivity index (χ1n) is 9.45. The van der Waals surface area contributed by atoms with E-state index in [1.807, 2.05) is 0 Å². The van der Waals surface area contributed by atoms with Gasteiger partial charge in [0.15, 0.2) is 0 Å². The van der Waals surface area contributed by atoms with Crippen molar-refractivity contribution in [2.45, 2.75) is 39.7 Å². The van der Waals surface area contributed by atoms with E-state index in [1.54, 1.807) is 12.1 Å². The normalized spacial score (nSPS) is 12.0. The van der Waals surface area contributed by atoms with Crippen LogP contribution in [0.5, 0.6) is 11.6 Å². The minimum absolute atomic E-state index is 0.00941. The number of nitrogens with zero attached hydrogens (tertiary/aromatic N) is 1. The van der Waals surface area contributed by atoms with E-state index >= 15 is 0 Å². The molecule has 0 aliphatic heterocycles. The summed E-state index contributed by atoms with van der Waals surface area (Å²) in [6, 6.07) is 8.24. The molecule has 0 aliphatic carbocycles. The molecule has 8 nitrogen and oxygen atoms in total. The zero-order valence-corrected chi connectivity index (χ0v) is 17.5. The fourth-order valence-corrected chi connectivity index (χ4v) is 2.60. The smallest absolute Gasteiger partial charge is 0.335 e. The van der Waals surface area contributed by atoms with Crippen LogP contribution in [-0.2, 0) is 9.53 Å². The second kappa shape index (κ2) is 9.87. The molecule has 0 saturated carbocycles. The molecule has 2 N–H and O–H groups in total. The van der Waals surface area contributed by atoms with Crippen LogP contribution in [0.25, 0.3) is 0 Å². The summed E-state index contributed by atoms with van der Waals surface area (Å²) in [4.78, 5) is 39.7. The number of carbonyl (C=O) groups is 3. The van der Waals surface area contributed by atoms with Crippen molar-refractivity contribution in [1.29, 1.82) is 0 Å². The first kappa shape index (κ1) is 22.9. The zero-order valence-electron chi connectivity index (χ0n) is 17.5. The van der Waals surface area contributed by atoms with Gasteiger partial charge in [-0.1, -0.05) is 26.8 Å². The maximum Gasteiger partial charge on any atom is 0.335 e. The van der Waals surface area contributed by atoms with E-state index in [-0.39, 0.29) is 22.4 Å². The Balaban J connectivity index is 2.05. The number of hydrogen-bond acceptors (Lipinski definition) is 6. The van der Waals surface area contributed by atoms with Crippen molar-refractivity contribution in [3.8, 4) is 11.6 Å². The van der Waals surface area contributed by atoms with E-state index in [4.69, 9.17) is 14.6 Å². The lowest BCUT2D eigenvalue weighted by Crippen LogP contribution is -2.42. The van der Waals surface area contributed by atoms with Crippen molar-refractivity contribution in [2.75, 3.05) is 7.11 Å². The van der Waals surface area contributed by atoms with Crippen LogP contribution < -0.4 is 10.1 Å². The predicted molar refractivity (Wildman–Crippen MR) is 110 cm³/mol. The van der Waals surface area contributed by atoms with Gasteiger partial charge in [0, 0.05) is 12.3 Å². The van der Waals surface area contributed by atoms with Gasteiger partial charge in [0.05, 0.1) is 18.2 Å². The van der Waals surface area contributed by atoms with Crippen LogP contribution in [0.3, 0.4) is 0 Å². The average Bonchev–Trinajstić information content (AvgIpc) is 2.70. The number of methoxy groups -OCH3 is 1. The predicted octanol–water partition coefficient (Wildman–Crippen LogP) is 3.67. The Morgan fingerprint density at radius 3 is 2.43 bits per heavy atom. The number of amides is 1. The lowest BCUT2D eigenvalue weighted by Gasteiger charge is -2.22. The van der Waals surface area contributed by atoms with E-state index in [0.29, 0.717) is 12.2 Å². The highest BCUT2D eigenvalue weighted by atomic mass is 16.5. The lowest BCUT2D eigenvalue weighted by atomic mass is 9.88. The van der Waals surface area contributed by atoms with Gasteiger partial charge in [0.2, 0.25) is 5.88 Å². The first-order chi connectivity index (χ1) is 14.1. The number of rotatable bonds is 8. The molecule has 8 heteroatoms. The molecule has 0 fully saturated rings. The van der Waals surface area contributed by atoms with E-state index in [2.05, 4.69) is 31.1 Å². The van der Waals surface area contributed by atoms with Crippen molar-refractivity contribution in [3.63, 3.8) is 0 Å². The minimum atomic E-state index is -1.06. The van der Waals surface area contributed by atoms with Gasteiger partial charge in [-0.2, -0.15) is 0 Å². The van der Waals surface area contributed by atoms with Crippen LogP contribution in [-0.4, -0.2) is 41.1 Å². The Morgan fingerprint density at radius 2 is 1.87 bits per heavy atom. The van der Waals surface area contributed by atoms with Gasteiger partial charge >= 0.3 is 11.9 Å². The van der Waals surface area contributed by atoms with Crippen LogP contribution in [0.4, 0.5) is 0 Å². The topological polar surface area (TPSA) is 115 Å². The van der Waals surface area contributed by atoms with E-state index < -0.39 is 23.9 Å². The molecule has 1 amide bonds. The summed E-state index contributed by atoms with van der Waals surface area (Å²) in [6.07, 6.45) is 2.51. The van der Waals surface area contributed by atoms with Crippen molar-refractivity contribution in [1.82, 2.24) is 10.3 Å². The van der Waals surface area contributed by atoms with Crippen LogP contribution in [0.1, 0.15) is 54.3 Å². The van der Waals surface area contributed by atoms with Crippen molar-refractivity contribution in [2.24, 2.45) is 5.41 Å². The van der Waals surface area contributed by atoms with Gasteiger partial charge in [-0.25, -0.2) is 14.6 Å². The molecule has 0 spiro atoms. The quantitative estimate of drug-likeness (QED) is 0.633. The second-order valence-electron chi connectivity index (χ2n) is 7.97. The molecule has 1 unspecified atom stereocenters. The number of aromatic nitrogens is 1. The number of pyridine rings is 1. The fourth-order valence-electron chi connectivity index (χ4n) is 2.60. The number of carboxylic acids is 1. The lowest BCUT2D eigenvalue weighted by molar-refractivity contribution is -0.143. The number of ether oxygens (including phenoxy) is 2. The Hall–Kier alpha value is -3.42. The van der Waals surface area contributed by atoms with Gasteiger partial charge in [0.25, 0.3) is 5.91 Å². The van der Waals surface area contributed by atoms with Crippen molar-refractivity contribution in [3.05, 3.63) is 53.7 Å². The summed E-state index contributed by atoms with van der Waals surface area (Å²) in [6.45, 7) is 6.16. The number of hydrogen-bond donors (Lipinski definition) is 2. The third kappa shape index (κ3) is 6.88. The standard InChI is InChI=1S/C22H26N2O6/c1-22(2,3)11-10-17(21(28)29-4)24-19(25)15-8-9-18(23-13-15)30-16-7-5-6-14(12-16)20(26)27/h5-9,12-13,17H,10-11H2,1-4H3,(H,24,25)(H,26,27). The Kier molecular flexibility index (Phi) is 7.52. The molecule has 0 aliphatic rings. The van der Waals surface area contributed by atoms with Gasteiger partial charge in [0.1, 0.15) is 11.8 Å². The monoisotopic (exact) mass is 414 g/mol. The summed E-state index contributed by atoms with van der Waals surface area (Å²) >= 11 is 0. The summed E-state index contributed by atoms with van der Waals surface area (Å²) in [7, 11) is 1.28. The van der Waals surface area contributed by atoms with Gasteiger partial charge in [-0.05, 0) is 42.5 Å². The van der Waals surface area contributed by atoms with Gasteiger partial charge in [-0.15, -0.1) is 0 Å².